The zero-order valence-electron chi connectivity index (χ0n) is 22.7. The van der Waals surface area contributed by atoms with Gasteiger partial charge in [-0.15, -0.1) is 0 Å². The zero-order chi connectivity index (χ0) is 26.0. The van der Waals surface area contributed by atoms with Crippen LogP contribution in [0.3, 0.4) is 0 Å². The number of amides is 1. The molecule has 0 N–H and O–H groups in total. The van der Waals surface area contributed by atoms with Gasteiger partial charge in [-0.1, -0.05) is 63.2 Å². The normalized spacial score (nSPS) is 22.4. The molecule has 37 heavy (non-hydrogen) atoms. The molecule has 5 rings (SSSR count). The summed E-state index contributed by atoms with van der Waals surface area (Å²) < 4.78 is 11.8. The first-order valence-corrected chi connectivity index (χ1v) is 13.6. The smallest absolute Gasteiger partial charge is 0.289 e. The van der Waals surface area contributed by atoms with Gasteiger partial charge in [0.2, 0.25) is 0 Å². The third kappa shape index (κ3) is 6.10. The van der Waals surface area contributed by atoms with E-state index in [0.29, 0.717) is 25.0 Å². The van der Waals surface area contributed by atoms with Gasteiger partial charge in [0.15, 0.2) is 5.76 Å². The Bertz CT molecular complexity index is 1200. The summed E-state index contributed by atoms with van der Waals surface area (Å²) in [5, 5.41) is 0. The van der Waals surface area contributed by atoms with Crippen molar-refractivity contribution >= 4 is 5.91 Å². The molecule has 5 heteroatoms. The van der Waals surface area contributed by atoms with E-state index in [-0.39, 0.29) is 16.7 Å². The average molecular weight is 501 g/mol. The Kier molecular flexibility index (Phi) is 7.17. The predicted molar refractivity (Wildman–Crippen MR) is 146 cm³/mol. The molecule has 1 amide bonds. The molecule has 2 heterocycles. The quantitative estimate of drug-likeness (QED) is 0.320. The molecule has 196 valence electrons. The van der Waals surface area contributed by atoms with Crippen LogP contribution in [0.2, 0.25) is 0 Å². The molecule has 5 nitrogen and oxygen atoms in total. The van der Waals surface area contributed by atoms with Crippen LogP contribution in [0.25, 0.3) is 0 Å². The Morgan fingerprint density at radius 1 is 0.946 bits per heavy atom. The number of hydrogen-bond donors (Lipinski definition) is 0. The van der Waals surface area contributed by atoms with Gasteiger partial charge in [-0.05, 0) is 72.4 Å². The van der Waals surface area contributed by atoms with Gasteiger partial charge in [-0.2, -0.15) is 0 Å². The standard InChI is InChI=1S/C32H40N2O3/c1-5-36-27-13-11-25(12-14-27)20-33(19-24-9-7-6-8-10-24)21-28-15-16-29(37-28)30(35)34-23-32(4)18-26(34)17-31(2,3)22-32/h6-16,26H,5,17-23H2,1-4H3. The molecule has 1 aliphatic carbocycles. The largest absolute Gasteiger partial charge is 0.494 e. The number of likely N-dealkylation sites (tertiary alicyclic amines) is 1. The first-order chi connectivity index (χ1) is 17.7. The van der Waals surface area contributed by atoms with Gasteiger partial charge in [-0.3, -0.25) is 9.69 Å². The third-order valence-electron chi connectivity index (χ3n) is 7.82. The Morgan fingerprint density at radius 3 is 2.35 bits per heavy atom. The minimum absolute atomic E-state index is 0.0406. The molecule has 0 spiro atoms. The van der Waals surface area contributed by atoms with Crippen LogP contribution in [0.4, 0.5) is 0 Å². The highest BCUT2D eigenvalue weighted by atomic mass is 16.5. The van der Waals surface area contributed by atoms with Crippen LogP contribution in [-0.4, -0.2) is 34.9 Å². The van der Waals surface area contributed by atoms with Crippen molar-refractivity contribution in [2.24, 2.45) is 10.8 Å². The molecule has 2 aromatic carbocycles. The Hall–Kier alpha value is -3.05. The SMILES string of the molecule is CCOc1ccc(CN(Cc2ccccc2)Cc2ccc(C(=O)N3CC4(C)CC3CC(C)(C)C4)o2)cc1. The fourth-order valence-electron chi connectivity index (χ4n) is 6.76. The van der Waals surface area contributed by atoms with Crippen molar-refractivity contribution in [3.05, 3.63) is 89.4 Å². The van der Waals surface area contributed by atoms with E-state index in [1.165, 1.54) is 17.5 Å². The molecule has 1 aromatic heterocycles. The number of ether oxygens (including phenoxy) is 1. The van der Waals surface area contributed by atoms with Gasteiger partial charge >= 0.3 is 0 Å². The van der Waals surface area contributed by atoms with Crippen molar-refractivity contribution in [3.63, 3.8) is 0 Å². The van der Waals surface area contributed by atoms with Crippen molar-refractivity contribution in [1.82, 2.24) is 9.80 Å². The third-order valence-corrected chi connectivity index (χ3v) is 7.82. The second kappa shape index (κ2) is 10.4. The molecule has 1 saturated carbocycles. The van der Waals surface area contributed by atoms with E-state index in [1.54, 1.807) is 0 Å². The second-order valence-corrected chi connectivity index (χ2v) is 12.1. The van der Waals surface area contributed by atoms with Crippen LogP contribution < -0.4 is 4.74 Å². The highest BCUT2D eigenvalue weighted by molar-refractivity contribution is 5.92. The monoisotopic (exact) mass is 500 g/mol. The maximum absolute atomic E-state index is 13.5. The van der Waals surface area contributed by atoms with Crippen LogP contribution in [0, 0.1) is 10.8 Å². The van der Waals surface area contributed by atoms with Gasteiger partial charge in [0, 0.05) is 25.7 Å². The summed E-state index contributed by atoms with van der Waals surface area (Å²) in [5.41, 5.74) is 2.94. The number of carbonyl (C=O) groups is 1. The van der Waals surface area contributed by atoms with E-state index in [4.69, 9.17) is 9.15 Å². The Morgan fingerprint density at radius 2 is 1.65 bits per heavy atom. The second-order valence-electron chi connectivity index (χ2n) is 12.1. The maximum atomic E-state index is 13.5. The lowest BCUT2D eigenvalue weighted by molar-refractivity contribution is 0.0672. The summed E-state index contributed by atoms with van der Waals surface area (Å²) in [5.74, 6) is 2.21. The lowest BCUT2D eigenvalue weighted by Crippen LogP contribution is -2.37. The van der Waals surface area contributed by atoms with Gasteiger partial charge in [0.25, 0.3) is 5.91 Å². The van der Waals surface area contributed by atoms with Gasteiger partial charge in [-0.25, -0.2) is 0 Å². The van der Waals surface area contributed by atoms with E-state index < -0.39 is 0 Å². The number of carbonyl (C=O) groups excluding carboxylic acids is 1. The van der Waals surface area contributed by atoms with Crippen molar-refractivity contribution in [2.75, 3.05) is 13.2 Å². The summed E-state index contributed by atoms with van der Waals surface area (Å²) in [6.45, 7) is 12.7. The maximum Gasteiger partial charge on any atom is 0.289 e. The van der Waals surface area contributed by atoms with Crippen LogP contribution in [0.5, 0.6) is 5.75 Å². The van der Waals surface area contributed by atoms with Crippen LogP contribution >= 0.6 is 0 Å². The topological polar surface area (TPSA) is 45.9 Å². The summed E-state index contributed by atoms with van der Waals surface area (Å²) in [6.07, 6.45) is 3.33. The Labute approximate surface area is 221 Å². The van der Waals surface area contributed by atoms with Crippen LogP contribution in [0.15, 0.2) is 71.1 Å². The predicted octanol–water partition coefficient (Wildman–Crippen LogP) is 6.92. The lowest BCUT2D eigenvalue weighted by Gasteiger charge is -2.39. The molecule has 3 aromatic rings. The van der Waals surface area contributed by atoms with E-state index in [9.17, 15) is 4.79 Å². The van der Waals surface area contributed by atoms with Crippen LogP contribution in [0.1, 0.15) is 74.4 Å². The molecule has 0 radical (unpaired) electrons. The summed E-state index contributed by atoms with van der Waals surface area (Å²) in [4.78, 5) is 17.9. The molecule has 1 saturated heterocycles. The number of furan rings is 1. The van der Waals surface area contributed by atoms with E-state index in [0.717, 1.165) is 44.0 Å². The first-order valence-electron chi connectivity index (χ1n) is 13.6. The number of fused-ring (bicyclic) bond motifs is 2. The number of hydrogen-bond acceptors (Lipinski definition) is 4. The van der Waals surface area contributed by atoms with E-state index >= 15 is 0 Å². The summed E-state index contributed by atoms with van der Waals surface area (Å²) in [7, 11) is 0. The molecular formula is C32H40N2O3. The fraction of sp³-hybridized carbons (Fsp3) is 0.469. The van der Waals surface area contributed by atoms with Gasteiger partial charge in [0.05, 0.1) is 13.2 Å². The lowest BCUT2D eigenvalue weighted by atomic mass is 9.65. The van der Waals surface area contributed by atoms with E-state index in [2.05, 4.69) is 67.0 Å². The molecule has 2 atom stereocenters. The first kappa shape index (κ1) is 25.6. The van der Waals surface area contributed by atoms with Gasteiger partial charge < -0.3 is 14.1 Å². The number of nitrogens with zero attached hydrogens (tertiary/aromatic N) is 2. The van der Waals surface area contributed by atoms with Crippen molar-refractivity contribution in [1.29, 1.82) is 0 Å². The molecular weight excluding hydrogens is 460 g/mol. The van der Waals surface area contributed by atoms with E-state index in [1.807, 2.05) is 37.3 Å². The molecule has 2 bridgehead atoms. The molecule has 2 aliphatic rings. The highest BCUT2D eigenvalue weighted by Crippen LogP contribution is 2.52. The van der Waals surface area contributed by atoms with Crippen molar-refractivity contribution < 1.29 is 13.9 Å². The van der Waals surface area contributed by atoms with Crippen molar-refractivity contribution in [3.8, 4) is 5.75 Å². The molecule has 2 unspecified atom stereocenters. The summed E-state index contributed by atoms with van der Waals surface area (Å²) in [6, 6.07) is 22.9. The number of rotatable bonds is 9. The minimum Gasteiger partial charge on any atom is -0.494 e. The van der Waals surface area contributed by atoms with Crippen LogP contribution in [-0.2, 0) is 19.6 Å². The highest BCUT2D eigenvalue weighted by Gasteiger charge is 2.51. The Balaban J connectivity index is 1.30. The summed E-state index contributed by atoms with van der Waals surface area (Å²) >= 11 is 0. The zero-order valence-corrected chi connectivity index (χ0v) is 22.7. The number of benzene rings is 2. The average Bonchev–Trinajstić information content (AvgIpc) is 3.41. The minimum atomic E-state index is 0.0406. The fourth-order valence-corrected chi connectivity index (χ4v) is 6.76. The van der Waals surface area contributed by atoms with Gasteiger partial charge in [0.1, 0.15) is 11.5 Å². The molecule has 2 fully saturated rings. The molecule has 1 aliphatic heterocycles. The van der Waals surface area contributed by atoms with Crippen molar-refractivity contribution in [2.45, 2.75) is 72.6 Å².